The Morgan fingerprint density at radius 1 is 1.18 bits per heavy atom. The van der Waals surface area contributed by atoms with Crippen LogP contribution in [0.1, 0.15) is 18.4 Å². The van der Waals surface area contributed by atoms with E-state index in [1.807, 2.05) is 0 Å². The van der Waals surface area contributed by atoms with Crippen molar-refractivity contribution in [1.82, 2.24) is 15.3 Å². The summed E-state index contributed by atoms with van der Waals surface area (Å²) < 4.78 is 24.3. The normalized spacial score (nSPS) is 15.8. The Bertz CT molecular complexity index is 1180. The van der Waals surface area contributed by atoms with Crippen molar-refractivity contribution >= 4 is 35.3 Å². The van der Waals surface area contributed by atoms with Gasteiger partial charge in [-0.05, 0) is 18.6 Å². The molecule has 0 amide bonds. The van der Waals surface area contributed by atoms with E-state index in [9.17, 15) is 18.8 Å². The number of methoxy groups -OCH3 is 1. The number of H-pyrrole nitrogens is 1. The first kappa shape index (κ1) is 24.5. The first-order chi connectivity index (χ1) is 15.9. The van der Waals surface area contributed by atoms with E-state index in [1.165, 1.54) is 19.4 Å². The van der Waals surface area contributed by atoms with Crippen molar-refractivity contribution in [1.29, 1.82) is 0 Å². The van der Waals surface area contributed by atoms with Crippen LogP contribution in [0.4, 0.5) is 4.39 Å². The summed E-state index contributed by atoms with van der Waals surface area (Å²) in [7, 11) is 1.17. The van der Waals surface area contributed by atoms with Gasteiger partial charge in [-0.1, -0.05) is 41.6 Å². The predicted octanol–water partition coefficient (Wildman–Crippen LogP) is 3.12. The third-order valence-electron chi connectivity index (χ3n) is 4.78. The van der Waals surface area contributed by atoms with Gasteiger partial charge in [-0.3, -0.25) is 4.79 Å². The number of nitrogens with one attached hydrogen (secondary N) is 2. The fourth-order valence-electron chi connectivity index (χ4n) is 3.42. The van der Waals surface area contributed by atoms with Crippen LogP contribution in [0.3, 0.4) is 0 Å². The zero-order valence-corrected chi connectivity index (χ0v) is 19.4. The average molecular weight is 494 g/mol. The molecule has 0 spiro atoms. The Labute approximate surface area is 198 Å². The van der Waals surface area contributed by atoms with Gasteiger partial charge in [-0.25, -0.2) is 19.0 Å². The van der Waals surface area contributed by atoms with Gasteiger partial charge in [0.05, 0.1) is 36.5 Å². The monoisotopic (exact) mass is 493 g/mol. The molecule has 0 saturated heterocycles. The molecule has 11 heteroatoms. The van der Waals surface area contributed by atoms with Gasteiger partial charge in [-0.2, -0.15) is 0 Å². The van der Waals surface area contributed by atoms with Crippen molar-refractivity contribution in [3.8, 4) is 0 Å². The van der Waals surface area contributed by atoms with Crippen LogP contribution in [0.25, 0.3) is 0 Å². The van der Waals surface area contributed by atoms with Crippen LogP contribution in [-0.2, 0) is 19.1 Å². The van der Waals surface area contributed by atoms with Crippen LogP contribution in [-0.4, -0.2) is 48.1 Å². The molecule has 2 aromatic rings. The van der Waals surface area contributed by atoms with Crippen molar-refractivity contribution in [3.63, 3.8) is 0 Å². The number of carbonyl (C=O) groups is 2. The molecular weight excluding hydrogens is 473 g/mol. The van der Waals surface area contributed by atoms with Gasteiger partial charge in [0, 0.05) is 28.7 Å². The van der Waals surface area contributed by atoms with E-state index in [1.54, 1.807) is 31.2 Å². The lowest BCUT2D eigenvalue weighted by Gasteiger charge is -2.32. The average Bonchev–Trinajstić information content (AvgIpc) is 2.81. The number of esters is 2. The highest BCUT2D eigenvalue weighted by molar-refractivity contribution is 7.99. The topological polar surface area (TPSA) is 110 Å². The molecule has 1 aromatic heterocycles. The van der Waals surface area contributed by atoms with Crippen molar-refractivity contribution in [2.24, 2.45) is 0 Å². The van der Waals surface area contributed by atoms with Crippen LogP contribution in [0, 0.1) is 0 Å². The van der Waals surface area contributed by atoms with Gasteiger partial charge in [0.2, 0.25) is 0 Å². The second-order valence-electron chi connectivity index (χ2n) is 6.74. The summed E-state index contributed by atoms with van der Waals surface area (Å²) in [6, 6.07) is 7.93. The van der Waals surface area contributed by atoms with E-state index in [2.05, 4.69) is 15.3 Å². The van der Waals surface area contributed by atoms with Crippen LogP contribution in [0.2, 0.25) is 5.02 Å². The SMILES string of the molecule is CCOC(=O)C1=C(CSc2nccc(=O)[nH]2)NC(CF)=C(C(=O)OC)C1c1ccccc1Cl. The fraction of sp³-hybridized carbons (Fsp3) is 0.273. The number of aromatic nitrogens is 2. The molecule has 3 rings (SSSR count). The highest BCUT2D eigenvalue weighted by Gasteiger charge is 2.40. The minimum Gasteiger partial charge on any atom is -0.466 e. The molecule has 1 aliphatic heterocycles. The van der Waals surface area contributed by atoms with Gasteiger partial charge in [0.25, 0.3) is 5.56 Å². The Morgan fingerprint density at radius 3 is 2.55 bits per heavy atom. The zero-order chi connectivity index (χ0) is 24.0. The number of ether oxygens (including phenoxy) is 2. The van der Waals surface area contributed by atoms with Crippen LogP contribution >= 0.6 is 23.4 Å². The number of rotatable bonds is 8. The summed E-state index contributed by atoms with van der Waals surface area (Å²) in [6.45, 7) is 0.713. The first-order valence-electron chi connectivity index (χ1n) is 9.88. The molecule has 0 aliphatic carbocycles. The summed E-state index contributed by atoms with van der Waals surface area (Å²) in [5, 5.41) is 3.45. The third kappa shape index (κ3) is 5.45. The molecule has 0 saturated carbocycles. The molecule has 0 fully saturated rings. The summed E-state index contributed by atoms with van der Waals surface area (Å²) in [5.41, 5.74) is 0.350. The van der Waals surface area contributed by atoms with Gasteiger partial charge in [-0.15, -0.1) is 0 Å². The lowest BCUT2D eigenvalue weighted by Crippen LogP contribution is -2.35. The van der Waals surface area contributed by atoms with Crippen molar-refractivity contribution in [3.05, 3.63) is 80.0 Å². The number of hydrogen-bond donors (Lipinski definition) is 2. The minimum absolute atomic E-state index is 0.0510. The van der Waals surface area contributed by atoms with E-state index < -0.39 is 24.5 Å². The maximum Gasteiger partial charge on any atom is 0.336 e. The Morgan fingerprint density at radius 2 is 1.91 bits per heavy atom. The molecule has 1 aliphatic rings. The van der Waals surface area contributed by atoms with Crippen LogP contribution in [0.5, 0.6) is 0 Å². The smallest absolute Gasteiger partial charge is 0.336 e. The fourth-order valence-corrected chi connectivity index (χ4v) is 4.48. The molecule has 2 N–H and O–H groups in total. The third-order valence-corrected chi connectivity index (χ3v) is 6.04. The molecule has 8 nitrogen and oxygen atoms in total. The van der Waals surface area contributed by atoms with Crippen molar-refractivity contribution in [2.45, 2.75) is 18.0 Å². The number of hydrogen-bond acceptors (Lipinski definition) is 8. The maximum atomic E-state index is 14.1. The number of allylic oxidation sites excluding steroid dienone is 1. The first-order valence-corrected chi connectivity index (χ1v) is 11.2. The molecule has 33 heavy (non-hydrogen) atoms. The summed E-state index contributed by atoms with van der Waals surface area (Å²) in [6.07, 6.45) is 1.35. The van der Waals surface area contributed by atoms with E-state index in [4.69, 9.17) is 21.1 Å². The van der Waals surface area contributed by atoms with Gasteiger partial charge < -0.3 is 19.8 Å². The molecule has 2 heterocycles. The quantitative estimate of drug-likeness (QED) is 0.328. The van der Waals surface area contributed by atoms with E-state index in [0.29, 0.717) is 16.4 Å². The standard InChI is InChI=1S/C22H21ClFN3O5S/c1-3-32-21(30)19-15(11-33-22-25-9-8-16(28)27-22)26-14(10-24)18(20(29)31-2)17(19)12-6-4-5-7-13(12)23/h4-9,17,26H,3,10-11H2,1-2H3,(H,25,27,28). The Balaban J connectivity index is 2.19. The second-order valence-corrected chi connectivity index (χ2v) is 8.11. The molecule has 0 radical (unpaired) electrons. The molecule has 174 valence electrons. The molecule has 0 bridgehead atoms. The largest absolute Gasteiger partial charge is 0.466 e. The van der Waals surface area contributed by atoms with Crippen LogP contribution < -0.4 is 10.9 Å². The van der Waals surface area contributed by atoms with E-state index >= 15 is 0 Å². The molecule has 1 aromatic carbocycles. The minimum atomic E-state index is -1.03. The number of carbonyl (C=O) groups excluding carboxylic acids is 2. The predicted molar refractivity (Wildman–Crippen MR) is 122 cm³/mol. The number of aromatic amines is 1. The lowest BCUT2D eigenvalue weighted by atomic mass is 9.80. The number of halogens is 2. The van der Waals surface area contributed by atoms with E-state index in [0.717, 1.165) is 11.8 Å². The lowest BCUT2D eigenvalue weighted by molar-refractivity contribution is -0.139. The van der Waals surface area contributed by atoms with E-state index in [-0.39, 0.29) is 39.8 Å². The number of alkyl halides is 1. The maximum absolute atomic E-state index is 14.1. The summed E-state index contributed by atoms with van der Waals surface area (Å²) in [4.78, 5) is 44.1. The number of thioether (sulfide) groups is 1. The van der Waals surface area contributed by atoms with Gasteiger partial charge in [0.15, 0.2) is 5.16 Å². The van der Waals surface area contributed by atoms with Crippen molar-refractivity contribution < 1.29 is 23.5 Å². The number of benzene rings is 1. The molecule has 1 unspecified atom stereocenters. The Kier molecular flexibility index (Phi) is 8.29. The highest BCUT2D eigenvalue weighted by Crippen LogP contribution is 2.42. The molecular formula is C22H21ClFN3O5S. The van der Waals surface area contributed by atoms with Crippen molar-refractivity contribution in [2.75, 3.05) is 26.1 Å². The second kappa shape index (κ2) is 11.2. The molecule has 1 atom stereocenters. The zero-order valence-electron chi connectivity index (χ0n) is 17.8. The number of dihydropyridines is 1. The van der Waals surface area contributed by atoms with Gasteiger partial charge >= 0.3 is 11.9 Å². The Hall–Kier alpha value is -3.11. The summed E-state index contributed by atoms with van der Waals surface area (Å²) in [5.74, 6) is -2.43. The number of nitrogens with zero attached hydrogens (tertiary/aromatic N) is 1. The summed E-state index contributed by atoms with van der Waals surface area (Å²) >= 11 is 7.55. The van der Waals surface area contributed by atoms with Crippen LogP contribution in [0.15, 0.2) is 69.0 Å². The van der Waals surface area contributed by atoms with Gasteiger partial charge in [0.1, 0.15) is 6.67 Å². The highest BCUT2D eigenvalue weighted by atomic mass is 35.5.